The highest BCUT2D eigenvalue weighted by Gasteiger charge is 2.58. The number of alkyl halides is 1. The number of halogens is 1. The fraction of sp³-hybridized carbons (Fsp3) is 0.655. The Morgan fingerprint density at radius 2 is 1.92 bits per heavy atom. The van der Waals surface area contributed by atoms with E-state index in [2.05, 4.69) is 27.2 Å². The van der Waals surface area contributed by atoms with Crippen LogP contribution in [0.4, 0.5) is 4.39 Å². The number of Topliss-reactive ketones (excluding diaryl/α,β-unsaturated/α-hetero) is 1. The third kappa shape index (κ3) is 4.90. The van der Waals surface area contributed by atoms with E-state index in [4.69, 9.17) is 9.47 Å². The van der Waals surface area contributed by atoms with Crippen LogP contribution in [-0.2, 0) is 19.1 Å². The summed E-state index contributed by atoms with van der Waals surface area (Å²) in [7, 11) is 0. The molecular formula is C29H38FN3O5. The van der Waals surface area contributed by atoms with Crippen molar-refractivity contribution in [2.24, 2.45) is 5.92 Å². The fourth-order valence-corrected chi connectivity index (χ4v) is 7.42. The van der Waals surface area contributed by atoms with E-state index in [1.54, 1.807) is 6.20 Å². The Bertz CT molecular complexity index is 1050. The number of ether oxygens (including phenoxy) is 2. The largest absolute Gasteiger partial charge is 0.478 e. The lowest BCUT2D eigenvalue weighted by Gasteiger charge is -2.59. The van der Waals surface area contributed by atoms with Crippen molar-refractivity contribution in [1.29, 1.82) is 0 Å². The summed E-state index contributed by atoms with van der Waals surface area (Å²) in [6, 6.07) is 9.46. The highest BCUT2D eigenvalue weighted by atomic mass is 19.1. The Labute approximate surface area is 223 Å². The van der Waals surface area contributed by atoms with Crippen LogP contribution in [0.5, 0.6) is 0 Å². The van der Waals surface area contributed by atoms with Gasteiger partial charge in [-0.2, -0.15) is 0 Å². The van der Waals surface area contributed by atoms with Gasteiger partial charge in [-0.3, -0.25) is 9.69 Å². The maximum Gasteiger partial charge on any atom is 0.340 e. The average molecular weight is 528 g/mol. The van der Waals surface area contributed by atoms with Crippen LogP contribution in [0.1, 0.15) is 43.6 Å². The summed E-state index contributed by atoms with van der Waals surface area (Å²) >= 11 is 0. The molecule has 2 saturated carbocycles. The van der Waals surface area contributed by atoms with Crippen molar-refractivity contribution >= 4 is 11.8 Å². The van der Waals surface area contributed by atoms with Crippen molar-refractivity contribution in [2.45, 2.75) is 74.5 Å². The number of aliphatic carboxylic acids is 1. The van der Waals surface area contributed by atoms with E-state index in [0.29, 0.717) is 12.5 Å². The van der Waals surface area contributed by atoms with Gasteiger partial charge >= 0.3 is 5.97 Å². The predicted octanol–water partition coefficient (Wildman–Crippen LogP) is 2.35. The second-order valence-corrected chi connectivity index (χ2v) is 11.4. The normalized spacial score (nSPS) is 37.2. The molecule has 6 rings (SSSR count). The maximum absolute atomic E-state index is 15.7. The van der Waals surface area contributed by atoms with Crippen LogP contribution in [0.3, 0.4) is 0 Å². The lowest BCUT2D eigenvalue weighted by Crippen LogP contribution is -2.73. The van der Waals surface area contributed by atoms with Crippen LogP contribution in [0, 0.1) is 5.92 Å². The van der Waals surface area contributed by atoms with Crippen molar-refractivity contribution in [2.75, 3.05) is 39.4 Å². The van der Waals surface area contributed by atoms with Gasteiger partial charge in [0.15, 0.2) is 5.78 Å². The molecule has 8 atom stereocenters. The molecule has 206 valence electrons. The Morgan fingerprint density at radius 3 is 2.68 bits per heavy atom. The van der Waals surface area contributed by atoms with Crippen LogP contribution in [0.15, 0.2) is 42.1 Å². The molecule has 0 bridgehead atoms. The van der Waals surface area contributed by atoms with Crippen LogP contribution in [-0.4, -0.2) is 103 Å². The summed E-state index contributed by atoms with van der Waals surface area (Å²) in [6.07, 6.45) is 3.16. The van der Waals surface area contributed by atoms with Gasteiger partial charge in [-0.25, -0.2) is 9.18 Å². The molecule has 0 amide bonds. The van der Waals surface area contributed by atoms with Crippen LogP contribution >= 0.6 is 0 Å². The molecule has 0 spiro atoms. The van der Waals surface area contributed by atoms with Gasteiger partial charge in [-0.1, -0.05) is 30.3 Å². The van der Waals surface area contributed by atoms with Gasteiger partial charge in [0, 0.05) is 25.2 Å². The molecule has 4 fully saturated rings. The minimum absolute atomic E-state index is 0.0190. The number of carboxylic acids is 1. The number of ketones is 1. The Morgan fingerprint density at radius 1 is 1.13 bits per heavy atom. The van der Waals surface area contributed by atoms with E-state index in [-0.39, 0.29) is 30.2 Å². The number of rotatable bonds is 7. The topological polar surface area (TPSA) is 91.3 Å². The SMILES string of the molecule is O=C(O)C1=CN2C3CC(c4ccccc4)CCC3OC3C(NCCCN4CCOCC4)C(F)CC(C1=O)C32. The van der Waals surface area contributed by atoms with Gasteiger partial charge in [-0.05, 0) is 56.7 Å². The zero-order valence-electron chi connectivity index (χ0n) is 21.7. The summed E-state index contributed by atoms with van der Waals surface area (Å²) in [5.74, 6) is -2.07. The van der Waals surface area contributed by atoms with Crippen molar-refractivity contribution in [1.82, 2.24) is 15.1 Å². The van der Waals surface area contributed by atoms with Gasteiger partial charge in [0.2, 0.25) is 0 Å². The molecule has 0 aromatic heterocycles. The second-order valence-electron chi connectivity index (χ2n) is 11.4. The number of carbonyl (C=O) groups excluding carboxylic acids is 1. The molecule has 38 heavy (non-hydrogen) atoms. The van der Waals surface area contributed by atoms with E-state index in [1.165, 1.54) is 5.56 Å². The van der Waals surface area contributed by atoms with Gasteiger partial charge in [0.1, 0.15) is 11.7 Å². The average Bonchev–Trinajstić information content (AvgIpc) is 2.94. The van der Waals surface area contributed by atoms with E-state index >= 15 is 4.39 Å². The third-order valence-corrected chi connectivity index (χ3v) is 9.30. The van der Waals surface area contributed by atoms with E-state index in [1.807, 2.05) is 18.2 Å². The molecular weight excluding hydrogens is 489 g/mol. The van der Waals surface area contributed by atoms with Crippen molar-refractivity contribution in [3.05, 3.63) is 47.7 Å². The molecule has 3 heterocycles. The van der Waals surface area contributed by atoms with E-state index in [9.17, 15) is 14.7 Å². The molecule has 8 nitrogen and oxygen atoms in total. The molecule has 0 radical (unpaired) electrons. The lowest BCUT2D eigenvalue weighted by atomic mass is 9.68. The van der Waals surface area contributed by atoms with E-state index < -0.39 is 36.0 Å². The highest BCUT2D eigenvalue weighted by Crippen LogP contribution is 2.47. The lowest BCUT2D eigenvalue weighted by molar-refractivity contribution is -0.199. The molecule has 2 N–H and O–H groups in total. The number of nitrogens with one attached hydrogen (secondary N) is 1. The number of benzene rings is 1. The van der Waals surface area contributed by atoms with Crippen LogP contribution in [0.25, 0.3) is 0 Å². The fourth-order valence-electron chi connectivity index (χ4n) is 7.42. The third-order valence-electron chi connectivity index (χ3n) is 9.30. The molecule has 9 heteroatoms. The molecule has 2 aliphatic carbocycles. The van der Waals surface area contributed by atoms with Crippen LogP contribution < -0.4 is 5.32 Å². The molecule has 2 saturated heterocycles. The summed E-state index contributed by atoms with van der Waals surface area (Å²) < 4.78 is 27.8. The molecule has 1 aromatic carbocycles. The molecule has 1 aromatic rings. The first-order valence-corrected chi connectivity index (χ1v) is 14.2. The summed E-state index contributed by atoms with van der Waals surface area (Å²) in [5, 5.41) is 13.3. The predicted molar refractivity (Wildman–Crippen MR) is 139 cm³/mol. The number of carboxylic acid groups (broad SMARTS) is 1. The van der Waals surface area contributed by atoms with Gasteiger partial charge in [0.25, 0.3) is 0 Å². The summed E-state index contributed by atoms with van der Waals surface area (Å²) in [5.41, 5.74) is 1.05. The van der Waals surface area contributed by atoms with Crippen molar-refractivity contribution < 1.29 is 28.6 Å². The Kier molecular flexibility index (Phi) is 7.53. The van der Waals surface area contributed by atoms with Crippen molar-refractivity contribution in [3.8, 4) is 0 Å². The first kappa shape index (κ1) is 25.9. The molecule has 8 unspecified atom stereocenters. The first-order valence-electron chi connectivity index (χ1n) is 14.2. The number of fused-ring (bicyclic) bond motifs is 2. The quantitative estimate of drug-likeness (QED) is 0.413. The number of carbonyl (C=O) groups is 2. The molecule has 3 aliphatic heterocycles. The number of morpholine rings is 2. The molecule has 5 aliphatic rings. The van der Waals surface area contributed by atoms with Gasteiger partial charge in [0.05, 0.1) is 43.5 Å². The minimum Gasteiger partial charge on any atom is -0.478 e. The number of hydrogen-bond acceptors (Lipinski definition) is 7. The maximum atomic E-state index is 15.7. The highest BCUT2D eigenvalue weighted by molar-refractivity contribution is 6.18. The van der Waals surface area contributed by atoms with Gasteiger partial charge < -0.3 is 24.8 Å². The monoisotopic (exact) mass is 527 g/mol. The van der Waals surface area contributed by atoms with Crippen LogP contribution in [0.2, 0.25) is 0 Å². The van der Waals surface area contributed by atoms with Gasteiger partial charge in [-0.15, -0.1) is 0 Å². The summed E-state index contributed by atoms with van der Waals surface area (Å²) in [6.45, 7) is 4.95. The second kappa shape index (κ2) is 11.0. The number of nitrogens with zero attached hydrogens (tertiary/aromatic N) is 2. The Balaban J connectivity index is 1.22. The standard InChI is InChI=1S/C29H38FN3O5/c30-22-16-20-26-28(25(22)31-9-4-10-32-11-13-37-14-12-32)38-24-8-7-19(18-5-2-1-3-6-18)15-23(24)33(26)17-21(27(20)34)29(35)36/h1-3,5-6,17,19-20,22-26,28,31H,4,7-16H2,(H,35,36). The Hall–Kier alpha value is -2.33. The van der Waals surface area contributed by atoms with Crippen molar-refractivity contribution in [3.63, 3.8) is 0 Å². The summed E-state index contributed by atoms with van der Waals surface area (Å²) in [4.78, 5) is 29.7. The number of hydrogen-bond donors (Lipinski definition) is 2. The minimum atomic E-state index is -1.28. The smallest absolute Gasteiger partial charge is 0.340 e. The first-order chi connectivity index (χ1) is 18.5. The zero-order chi connectivity index (χ0) is 26.2. The zero-order valence-corrected chi connectivity index (χ0v) is 21.7. The van der Waals surface area contributed by atoms with E-state index in [0.717, 1.165) is 58.5 Å².